The maximum atomic E-state index is 11.9. The first-order valence-corrected chi connectivity index (χ1v) is 8.31. The molecule has 0 radical (unpaired) electrons. The summed E-state index contributed by atoms with van der Waals surface area (Å²) in [6.45, 7) is 2.77. The number of benzene rings is 2. The van der Waals surface area contributed by atoms with Crippen LogP contribution in [0.5, 0.6) is 5.75 Å². The molecule has 0 aliphatic rings. The van der Waals surface area contributed by atoms with Gasteiger partial charge in [-0.2, -0.15) is 5.10 Å². The molecule has 5 nitrogen and oxygen atoms in total. The van der Waals surface area contributed by atoms with Crippen LogP contribution >= 0.6 is 0 Å². The van der Waals surface area contributed by atoms with Gasteiger partial charge < -0.3 is 9.15 Å². The molecule has 0 atom stereocenters. The van der Waals surface area contributed by atoms with Crippen LogP contribution in [0.15, 0.2) is 64.3 Å². The summed E-state index contributed by atoms with van der Waals surface area (Å²) >= 11 is 0. The second-order valence-electron chi connectivity index (χ2n) is 5.58. The van der Waals surface area contributed by atoms with E-state index in [0.717, 1.165) is 34.9 Å². The number of hydrazone groups is 1. The molecule has 1 N–H and O–H groups in total. The molecule has 3 aromatic rings. The number of carbonyl (C=O) groups excluding carboxylic acids is 1. The van der Waals surface area contributed by atoms with E-state index in [2.05, 4.69) is 17.5 Å². The molecule has 0 fully saturated rings. The molecular formula is C20H20N2O3. The molecular weight excluding hydrogens is 316 g/mol. The molecule has 2 aromatic carbocycles. The number of ether oxygens (including phenoxy) is 1. The van der Waals surface area contributed by atoms with Crippen molar-refractivity contribution in [3.63, 3.8) is 0 Å². The summed E-state index contributed by atoms with van der Waals surface area (Å²) in [6.07, 6.45) is 5.11. The number of hydrogen-bond acceptors (Lipinski definition) is 4. The predicted molar refractivity (Wildman–Crippen MR) is 98.1 cm³/mol. The lowest BCUT2D eigenvalue weighted by Gasteiger charge is -2.11. The summed E-state index contributed by atoms with van der Waals surface area (Å²) in [5.41, 5.74) is 3.32. The fraction of sp³-hybridized carbons (Fsp3) is 0.200. The Bertz CT molecular complexity index is 870. The first-order chi connectivity index (χ1) is 12.3. The van der Waals surface area contributed by atoms with Crippen molar-refractivity contribution in [2.75, 3.05) is 6.61 Å². The van der Waals surface area contributed by atoms with Crippen LogP contribution in [0.3, 0.4) is 0 Å². The number of nitrogens with one attached hydrogen (secondary N) is 1. The van der Waals surface area contributed by atoms with Gasteiger partial charge in [-0.15, -0.1) is 0 Å². The number of nitrogens with zero attached hydrogens (tertiary/aromatic N) is 1. The maximum absolute atomic E-state index is 11.9. The number of furan rings is 1. The lowest BCUT2D eigenvalue weighted by Crippen LogP contribution is -2.16. The fourth-order valence-corrected chi connectivity index (χ4v) is 2.48. The van der Waals surface area contributed by atoms with Crippen molar-refractivity contribution in [3.05, 3.63) is 66.1 Å². The minimum Gasteiger partial charge on any atom is -0.493 e. The smallest absolute Gasteiger partial charge is 0.307 e. The lowest BCUT2D eigenvalue weighted by atomic mass is 10.0. The van der Waals surface area contributed by atoms with Gasteiger partial charge in [-0.25, -0.2) is 5.43 Å². The van der Waals surface area contributed by atoms with Crippen LogP contribution < -0.4 is 10.2 Å². The Balaban J connectivity index is 1.85. The van der Waals surface area contributed by atoms with Crippen molar-refractivity contribution in [3.8, 4) is 5.75 Å². The van der Waals surface area contributed by atoms with Crippen molar-refractivity contribution >= 4 is 22.9 Å². The molecule has 0 spiro atoms. The van der Waals surface area contributed by atoms with Crippen molar-refractivity contribution in [2.45, 2.75) is 19.8 Å². The van der Waals surface area contributed by atoms with E-state index in [0.29, 0.717) is 6.61 Å². The van der Waals surface area contributed by atoms with Crippen molar-refractivity contribution < 1.29 is 13.9 Å². The van der Waals surface area contributed by atoms with Gasteiger partial charge in [0.05, 0.1) is 19.1 Å². The molecule has 0 aliphatic heterocycles. The zero-order valence-corrected chi connectivity index (χ0v) is 14.1. The average Bonchev–Trinajstić information content (AvgIpc) is 3.18. The Labute approximate surface area is 146 Å². The zero-order valence-electron chi connectivity index (χ0n) is 14.1. The highest BCUT2D eigenvalue weighted by Gasteiger charge is 2.09. The highest BCUT2D eigenvalue weighted by atomic mass is 16.5. The monoisotopic (exact) mass is 336 g/mol. The second kappa shape index (κ2) is 8.15. The topological polar surface area (TPSA) is 63.8 Å². The highest BCUT2D eigenvalue weighted by Crippen LogP contribution is 2.26. The third kappa shape index (κ3) is 4.07. The normalized spacial score (nSPS) is 11.1. The van der Waals surface area contributed by atoms with Gasteiger partial charge in [-0.3, -0.25) is 4.79 Å². The van der Waals surface area contributed by atoms with E-state index in [9.17, 15) is 4.79 Å². The Morgan fingerprint density at radius 2 is 2.08 bits per heavy atom. The summed E-state index contributed by atoms with van der Waals surface area (Å²) in [5, 5.41) is 6.18. The van der Waals surface area contributed by atoms with Crippen LogP contribution in [0.2, 0.25) is 0 Å². The number of hydrogen-bond donors (Lipinski definition) is 1. The molecule has 0 aliphatic carbocycles. The Morgan fingerprint density at radius 1 is 1.20 bits per heavy atom. The van der Waals surface area contributed by atoms with Gasteiger partial charge in [-0.1, -0.05) is 43.7 Å². The third-order valence-electron chi connectivity index (χ3n) is 3.79. The number of carbonyl (C=O) groups is 1. The first kappa shape index (κ1) is 16.8. The molecule has 0 unspecified atom stereocenters. The minimum atomic E-state index is -0.394. The van der Waals surface area contributed by atoms with Crippen molar-refractivity contribution in [2.24, 2.45) is 5.10 Å². The van der Waals surface area contributed by atoms with Crippen molar-refractivity contribution in [1.82, 2.24) is 5.43 Å². The van der Waals surface area contributed by atoms with Gasteiger partial charge in [0.15, 0.2) is 5.76 Å². The van der Waals surface area contributed by atoms with Crippen LogP contribution in [-0.2, 0) is 0 Å². The summed E-state index contributed by atoms with van der Waals surface area (Å²) in [5.74, 6) is 0.576. The molecule has 3 rings (SSSR count). The summed E-state index contributed by atoms with van der Waals surface area (Å²) in [7, 11) is 0. The van der Waals surface area contributed by atoms with E-state index in [1.165, 1.54) is 6.26 Å². The van der Waals surface area contributed by atoms with Crippen molar-refractivity contribution in [1.29, 1.82) is 0 Å². The standard InChI is InChI=1S/C20H20N2O3/c1-2-3-12-24-18-11-10-15-7-4-5-8-16(15)17(18)14-21-22-20(23)19-9-6-13-25-19/h4-11,13-14H,2-3,12H2,1H3,(H,22,23)/b21-14+. The average molecular weight is 336 g/mol. The second-order valence-corrected chi connectivity index (χ2v) is 5.58. The Hall–Kier alpha value is -3.08. The Morgan fingerprint density at radius 3 is 2.88 bits per heavy atom. The van der Waals surface area contributed by atoms with Gasteiger partial charge >= 0.3 is 5.91 Å². The molecule has 25 heavy (non-hydrogen) atoms. The molecule has 128 valence electrons. The summed E-state index contributed by atoms with van der Waals surface area (Å²) < 4.78 is 10.9. The van der Waals surface area contributed by atoms with E-state index in [4.69, 9.17) is 9.15 Å². The molecule has 0 bridgehead atoms. The number of rotatable bonds is 7. The van der Waals surface area contributed by atoms with E-state index in [1.54, 1.807) is 18.3 Å². The largest absolute Gasteiger partial charge is 0.493 e. The van der Waals surface area contributed by atoms with Gasteiger partial charge in [0.25, 0.3) is 0 Å². The summed E-state index contributed by atoms with van der Waals surface area (Å²) in [4.78, 5) is 11.9. The number of fused-ring (bicyclic) bond motifs is 1. The molecule has 1 heterocycles. The van der Waals surface area contributed by atoms with Crippen LogP contribution in [0.25, 0.3) is 10.8 Å². The van der Waals surface area contributed by atoms with Crippen LogP contribution in [0, 0.1) is 0 Å². The molecule has 1 aromatic heterocycles. The van der Waals surface area contributed by atoms with Gasteiger partial charge in [0.1, 0.15) is 5.75 Å². The highest BCUT2D eigenvalue weighted by molar-refractivity contribution is 6.03. The molecule has 0 saturated heterocycles. The molecule has 0 saturated carbocycles. The van der Waals surface area contributed by atoms with Crippen LogP contribution in [-0.4, -0.2) is 18.7 Å². The molecule has 5 heteroatoms. The van der Waals surface area contributed by atoms with E-state index < -0.39 is 5.91 Å². The zero-order chi connectivity index (χ0) is 17.5. The predicted octanol–water partition coefficient (Wildman–Crippen LogP) is 4.38. The quantitative estimate of drug-likeness (QED) is 0.396. The van der Waals surface area contributed by atoms with Gasteiger partial charge in [0, 0.05) is 5.56 Å². The van der Waals surface area contributed by atoms with E-state index in [-0.39, 0.29) is 5.76 Å². The summed E-state index contributed by atoms with van der Waals surface area (Å²) in [6, 6.07) is 15.2. The van der Waals surface area contributed by atoms with E-state index in [1.807, 2.05) is 36.4 Å². The third-order valence-corrected chi connectivity index (χ3v) is 3.79. The Kier molecular flexibility index (Phi) is 5.46. The SMILES string of the molecule is CCCCOc1ccc2ccccc2c1/C=N/NC(=O)c1ccco1. The maximum Gasteiger partial charge on any atom is 0.307 e. The minimum absolute atomic E-state index is 0.217. The van der Waals surface area contributed by atoms with E-state index >= 15 is 0 Å². The van der Waals surface area contributed by atoms with Crippen LogP contribution in [0.4, 0.5) is 0 Å². The first-order valence-electron chi connectivity index (χ1n) is 8.31. The van der Waals surface area contributed by atoms with Gasteiger partial charge in [-0.05, 0) is 35.4 Å². The number of amides is 1. The fourth-order valence-electron chi connectivity index (χ4n) is 2.48. The molecule has 1 amide bonds. The number of unbranched alkanes of at least 4 members (excludes halogenated alkanes) is 1. The van der Waals surface area contributed by atoms with Gasteiger partial charge in [0.2, 0.25) is 0 Å². The lowest BCUT2D eigenvalue weighted by molar-refractivity contribution is 0.0927. The van der Waals surface area contributed by atoms with Crippen LogP contribution in [0.1, 0.15) is 35.9 Å².